The highest BCUT2D eigenvalue weighted by Crippen LogP contribution is 2.32. The molecule has 0 spiro atoms. The van der Waals surface area contributed by atoms with Crippen LogP contribution in [0.4, 0.5) is 5.69 Å². The van der Waals surface area contributed by atoms with E-state index in [1.807, 2.05) is 69.3 Å². The number of thioether (sulfide) groups is 1. The molecule has 0 saturated carbocycles. The lowest BCUT2D eigenvalue weighted by Gasteiger charge is -2.16. The van der Waals surface area contributed by atoms with E-state index in [0.29, 0.717) is 10.8 Å². The molecule has 3 aromatic carbocycles. The van der Waals surface area contributed by atoms with Gasteiger partial charge in [-0.1, -0.05) is 60.2 Å². The quantitative estimate of drug-likeness (QED) is 0.441. The van der Waals surface area contributed by atoms with E-state index in [-0.39, 0.29) is 9.80 Å². The van der Waals surface area contributed by atoms with Crippen molar-refractivity contribution >= 4 is 27.3 Å². The Balaban J connectivity index is 2.07. The van der Waals surface area contributed by atoms with Crippen LogP contribution in [0.5, 0.6) is 0 Å². The lowest BCUT2D eigenvalue weighted by molar-refractivity contribution is 0.603. The minimum Gasteiger partial charge on any atom is -0.348 e. The summed E-state index contributed by atoms with van der Waals surface area (Å²) in [5.74, 6) is 0.531. The van der Waals surface area contributed by atoms with Crippen molar-refractivity contribution < 1.29 is 8.42 Å². The first-order valence-electron chi connectivity index (χ1n) is 9.78. The number of hydrogen-bond donors (Lipinski definition) is 1. The normalized spacial score (nSPS) is 12.1. The lowest BCUT2D eigenvalue weighted by Crippen LogP contribution is -2.11. The van der Waals surface area contributed by atoms with Gasteiger partial charge in [0.1, 0.15) is 11.1 Å². The van der Waals surface area contributed by atoms with E-state index in [1.165, 1.54) is 23.9 Å². The number of aryl methyl sites for hydroxylation is 3. The predicted molar refractivity (Wildman–Crippen MR) is 128 cm³/mol. The summed E-state index contributed by atoms with van der Waals surface area (Å²) in [6, 6.07) is 24.0. The number of hydrogen-bond acceptors (Lipinski definition) is 5. The Morgan fingerprint density at radius 2 is 1.58 bits per heavy atom. The van der Waals surface area contributed by atoms with Crippen molar-refractivity contribution in [2.75, 3.05) is 5.32 Å². The van der Waals surface area contributed by atoms with Gasteiger partial charge >= 0.3 is 0 Å². The number of benzene rings is 3. The van der Waals surface area contributed by atoms with Crippen molar-refractivity contribution in [3.63, 3.8) is 0 Å². The first kappa shape index (κ1) is 22.7. The van der Waals surface area contributed by atoms with Gasteiger partial charge in [0, 0.05) is 11.4 Å². The van der Waals surface area contributed by atoms with Crippen molar-refractivity contribution in [1.82, 2.24) is 0 Å². The molecule has 1 N–H and O–H groups in total. The molecule has 6 heteroatoms. The zero-order valence-electron chi connectivity index (χ0n) is 17.7. The standard InChI is InChI=1S/C25H24N2O2S2/c1-18-10-13-21(14-11-18)17-30-25(27-23-15-19(2)9-12-20(23)3)24(16-26)31(28,29)22-7-5-4-6-8-22/h4-15,27H,17H2,1-3H3. The largest absolute Gasteiger partial charge is 0.348 e. The van der Waals surface area contributed by atoms with Gasteiger partial charge in [-0.25, -0.2) is 8.42 Å². The molecule has 3 rings (SSSR count). The van der Waals surface area contributed by atoms with Crippen molar-refractivity contribution in [3.05, 3.63) is 105 Å². The molecule has 0 saturated heterocycles. The smallest absolute Gasteiger partial charge is 0.219 e. The molecule has 0 aliphatic carbocycles. The summed E-state index contributed by atoms with van der Waals surface area (Å²) >= 11 is 1.31. The summed E-state index contributed by atoms with van der Waals surface area (Å²) in [6.07, 6.45) is 0. The number of anilines is 1. The maximum atomic E-state index is 13.3. The van der Waals surface area contributed by atoms with Crippen molar-refractivity contribution in [2.24, 2.45) is 0 Å². The third-order valence-electron chi connectivity index (χ3n) is 4.78. The van der Waals surface area contributed by atoms with Gasteiger partial charge in [-0.3, -0.25) is 0 Å². The van der Waals surface area contributed by atoms with Gasteiger partial charge in [-0.2, -0.15) is 5.26 Å². The Morgan fingerprint density at radius 3 is 2.23 bits per heavy atom. The molecule has 31 heavy (non-hydrogen) atoms. The van der Waals surface area contributed by atoms with Crippen LogP contribution in [0.25, 0.3) is 0 Å². The van der Waals surface area contributed by atoms with Crippen LogP contribution in [0.2, 0.25) is 0 Å². The molecule has 0 bridgehead atoms. The second kappa shape index (κ2) is 9.86. The fourth-order valence-electron chi connectivity index (χ4n) is 2.94. The highest BCUT2D eigenvalue weighted by atomic mass is 32.2. The number of rotatable bonds is 7. The summed E-state index contributed by atoms with van der Waals surface area (Å²) in [4.78, 5) is -0.181. The molecule has 0 aromatic heterocycles. The van der Waals surface area contributed by atoms with E-state index in [0.717, 1.165) is 27.9 Å². The summed E-state index contributed by atoms with van der Waals surface area (Å²) in [5.41, 5.74) is 4.99. The average Bonchev–Trinajstić information content (AvgIpc) is 2.76. The summed E-state index contributed by atoms with van der Waals surface area (Å²) in [7, 11) is -3.97. The van der Waals surface area contributed by atoms with Crippen LogP contribution in [-0.4, -0.2) is 8.42 Å². The second-order valence-corrected chi connectivity index (χ2v) is 10.2. The predicted octanol–water partition coefficient (Wildman–Crippen LogP) is 6.12. The Labute approximate surface area is 188 Å². The highest BCUT2D eigenvalue weighted by Gasteiger charge is 2.25. The molecule has 0 fully saturated rings. The molecule has 0 amide bonds. The van der Waals surface area contributed by atoms with Gasteiger partial charge in [0.15, 0.2) is 4.91 Å². The molecule has 0 atom stereocenters. The van der Waals surface area contributed by atoms with Gasteiger partial charge < -0.3 is 5.32 Å². The van der Waals surface area contributed by atoms with Crippen LogP contribution in [0.3, 0.4) is 0 Å². The molecule has 4 nitrogen and oxygen atoms in total. The maximum absolute atomic E-state index is 13.3. The number of sulfone groups is 1. The summed E-state index contributed by atoms with van der Waals surface area (Å²) in [5, 5.41) is 13.4. The first-order chi connectivity index (χ1) is 14.8. The van der Waals surface area contributed by atoms with Gasteiger partial charge in [0.2, 0.25) is 9.84 Å². The lowest BCUT2D eigenvalue weighted by atomic mass is 10.1. The molecular weight excluding hydrogens is 424 g/mol. The van der Waals surface area contributed by atoms with Gasteiger partial charge in [0.25, 0.3) is 0 Å². The number of nitrogens with one attached hydrogen (secondary N) is 1. The SMILES string of the molecule is Cc1ccc(CSC(Nc2cc(C)ccc2C)=C(C#N)S(=O)(=O)c2ccccc2)cc1. The fourth-order valence-corrected chi connectivity index (χ4v) is 5.48. The third-order valence-corrected chi connectivity index (χ3v) is 7.70. The molecule has 158 valence electrons. The number of nitrogens with zero attached hydrogens (tertiary/aromatic N) is 1. The summed E-state index contributed by atoms with van der Waals surface area (Å²) < 4.78 is 26.5. The zero-order valence-corrected chi connectivity index (χ0v) is 19.3. The molecule has 3 aromatic rings. The monoisotopic (exact) mass is 448 g/mol. The Kier molecular flexibility index (Phi) is 7.21. The molecule has 0 unspecified atom stereocenters. The summed E-state index contributed by atoms with van der Waals surface area (Å²) in [6.45, 7) is 5.94. The van der Waals surface area contributed by atoms with E-state index in [9.17, 15) is 13.7 Å². The van der Waals surface area contributed by atoms with Crippen molar-refractivity contribution in [1.29, 1.82) is 5.26 Å². The number of nitriles is 1. The fraction of sp³-hybridized carbons (Fsp3) is 0.160. The minimum atomic E-state index is -3.97. The van der Waals surface area contributed by atoms with Crippen LogP contribution in [0.15, 0.2) is 87.6 Å². The van der Waals surface area contributed by atoms with Crippen LogP contribution in [0, 0.1) is 32.1 Å². The Hall–Kier alpha value is -3.01. The van der Waals surface area contributed by atoms with Crippen LogP contribution < -0.4 is 5.32 Å². The number of allylic oxidation sites excluding steroid dienone is 1. The van der Waals surface area contributed by atoms with Gasteiger partial charge in [-0.15, -0.1) is 11.8 Å². The average molecular weight is 449 g/mol. The third kappa shape index (κ3) is 5.57. The maximum Gasteiger partial charge on any atom is 0.219 e. The zero-order chi connectivity index (χ0) is 22.4. The van der Waals surface area contributed by atoms with Crippen molar-refractivity contribution in [2.45, 2.75) is 31.4 Å². The Bertz CT molecular complexity index is 1240. The van der Waals surface area contributed by atoms with E-state index < -0.39 is 9.84 Å². The van der Waals surface area contributed by atoms with E-state index in [4.69, 9.17) is 0 Å². The van der Waals surface area contributed by atoms with Crippen LogP contribution in [-0.2, 0) is 15.6 Å². The molecule has 0 radical (unpaired) electrons. The molecular formula is C25H24N2O2S2. The molecule has 0 aliphatic rings. The minimum absolute atomic E-state index is 0.0998. The Morgan fingerprint density at radius 1 is 0.935 bits per heavy atom. The van der Waals surface area contributed by atoms with Crippen LogP contribution in [0.1, 0.15) is 22.3 Å². The van der Waals surface area contributed by atoms with E-state index in [1.54, 1.807) is 18.2 Å². The first-order valence-corrected chi connectivity index (χ1v) is 12.3. The molecule has 0 aliphatic heterocycles. The highest BCUT2D eigenvalue weighted by molar-refractivity contribution is 8.04. The molecule has 0 heterocycles. The second-order valence-electron chi connectivity index (χ2n) is 7.30. The van der Waals surface area contributed by atoms with Crippen molar-refractivity contribution in [3.8, 4) is 6.07 Å². The van der Waals surface area contributed by atoms with Gasteiger partial charge in [0.05, 0.1) is 4.90 Å². The van der Waals surface area contributed by atoms with Gasteiger partial charge in [-0.05, 0) is 55.7 Å². The topological polar surface area (TPSA) is 70.0 Å². The van der Waals surface area contributed by atoms with E-state index in [2.05, 4.69) is 5.32 Å². The van der Waals surface area contributed by atoms with Crippen LogP contribution >= 0.6 is 11.8 Å². The van der Waals surface area contributed by atoms with E-state index >= 15 is 0 Å².